The van der Waals surface area contributed by atoms with Crippen LogP contribution in [0, 0.1) is 0 Å². The summed E-state index contributed by atoms with van der Waals surface area (Å²) in [5.74, 6) is -0.958. The number of hydrogen-bond acceptors (Lipinski definition) is 3. The molecule has 0 spiro atoms. The lowest BCUT2D eigenvalue weighted by Crippen LogP contribution is -2.54. The molecule has 1 heterocycles. The summed E-state index contributed by atoms with van der Waals surface area (Å²) in [6.07, 6.45) is 5.53. The highest BCUT2D eigenvalue weighted by molar-refractivity contribution is 7.14. The molecular weight excluding hydrogens is 286 g/mol. The molecule has 116 valence electrons. The van der Waals surface area contributed by atoms with E-state index in [0.717, 1.165) is 38.5 Å². The van der Waals surface area contributed by atoms with Gasteiger partial charge in [0, 0.05) is 4.88 Å². The Morgan fingerprint density at radius 1 is 1.38 bits per heavy atom. The van der Waals surface area contributed by atoms with Crippen LogP contribution in [0.2, 0.25) is 0 Å². The maximum Gasteiger partial charge on any atom is 0.305 e. The third-order valence-electron chi connectivity index (χ3n) is 4.16. The lowest BCUT2D eigenvalue weighted by molar-refractivity contribution is -0.139. The van der Waals surface area contributed by atoms with Gasteiger partial charge in [-0.15, -0.1) is 11.3 Å². The first kappa shape index (κ1) is 16.0. The van der Waals surface area contributed by atoms with E-state index in [1.54, 1.807) is 11.3 Å². The van der Waals surface area contributed by atoms with Crippen LogP contribution in [-0.4, -0.2) is 22.5 Å². The number of carbonyl (C=O) groups excluding carboxylic acids is 1. The SMILES string of the molecule is CCCc1sc(C(=O)NC2(CC(=O)O)CCC2)cc1CC. The Balaban J connectivity index is 2.11. The summed E-state index contributed by atoms with van der Waals surface area (Å²) in [6.45, 7) is 4.23. The number of carboxylic acid groups (broad SMARTS) is 1. The van der Waals surface area contributed by atoms with Gasteiger partial charge >= 0.3 is 5.97 Å². The monoisotopic (exact) mass is 309 g/mol. The largest absolute Gasteiger partial charge is 0.481 e. The van der Waals surface area contributed by atoms with E-state index in [1.807, 2.05) is 6.07 Å². The smallest absolute Gasteiger partial charge is 0.305 e. The molecule has 1 aliphatic carbocycles. The average Bonchev–Trinajstić information content (AvgIpc) is 2.79. The van der Waals surface area contributed by atoms with Gasteiger partial charge in [-0.25, -0.2) is 0 Å². The van der Waals surface area contributed by atoms with Gasteiger partial charge < -0.3 is 10.4 Å². The number of amides is 1. The van der Waals surface area contributed by atoms with Gasteiger partial charge in [0.25, 0.3) is 5.91 Å². The van der Waals surface area contributed by atoms with Crippen LogP contribution in [0.4, 0.5) is 0 Å². The van der Waals surface area contributed by atoms with Crippen molar-refractivity contribution < 1.29 is 14.7 Å². The van der Waals surface area contributed by atoms with Crippen LogP contribution in [0.1, 0.15) is 66.1 Å². The highest BCUT2D eigenvalue weighted by Crippen LogP contribution is 2.36. The number of aliphatic carboxylic acids is 1. The first-order valence-corrected chi connectivity index (χ1v) is 8.47. The van der Waals surface area contributed by atoms with Crippen molar-refractivity contribution in [1.29, 1.82) is 0 Å². The van der Waals surface area contributed by atoms with Crippen molar-refractivity contribution in [2.75, 3.05) is 0 Å². The predicted octanol–water partition coefficient (Wildman–Crippen LogP) is 3.39. The fraction of sp³-hybridized carbons (Fsp3) is 0.625. The summed E-state index contributed by atoms with van der Waals surface area (Å²) in [4.78, 5) is 25.4. The molecule has 0 unspecified atom stereocenters. The minimum absolute atomic E-state index is 0.0204. The third kappa shape index (κ3) is 3.64. The molecule has 1 fully saturated rings. The Hall–Kier alpha value is -1.36. The maximum absolute atomic E-state index is 12.4. The zero-order valence-corrected chi connectivity index (χ0v) is 13.5. The van der Waals surface area contributed by atoms with Gasteiger partial charge in [0.05, 0.1) is 16.8 Å². The van der Waals surface area contributed by atoms with E-state index in [1.165, 1.54) is 10.4 Å². The molecule has 0 aliphatic heterocycles. The summed E-state index contributed by atoms with van der Waals surface area (Å²) in [5.41, 5.74) is 0.720. The van der Waals surface area contributed by atoms with Gasteiger partial charge in [0.1, 0.15) is 0 Å². The van der Waals surface area contributed by atoms with Gasteiger partial charge in [-0.1, -0.05) is 20.3 Å². The van der Waals surface area contributed by atoms with E-state index < -0.39 is 11.5 Å². The second kappa shape index (κ2) is 6.60. The third-order valence-corrected chi connectivity index (χ3v) is 5.39. The Morgan fingerprint density at radius 3 is 2.57 bits per heavy atom. The van der Waals surface area contributed by atoms with E-state index in [4.69, 9.17) is 5.11 Å². The number of nitrogens with one attached hydrogen (secondary N) is 1. The van der Waals surface area contributed by atoms with Crippen molar-refractivity contribution in [1.82, 2.24) is 5.32 Å². The number of hydrogen-bond donors (Lipinski definition) is 2. The van der Waals surface area contributed by atoms with Gasteiger partial charge in [-0.3, -0.25) is 9.59 Å². The molecular formula is C16H23NO3S. The summed E-state index contributed by atoms with van der Waals surface area (Å²) in [6, 6.07) is 1.97. The lowest BCUT2D eigenvalue weighted by Gasteiger charge is -2.41. The molecule has 21 heavy (non-hydrogen) atoms. The predicted molar refractivity (Wildman–Crippen MR) is 84.0 cm³/mol. The second-order valence-electron chi connectivity index (χ2n) is 5.82. The van der Waals surface area contributed by atoms with Gasteiger partial charge in [0.15, 0.2) is 0 Å². The Bertz CT molecular complexity index is 532. The summed E-state index contributed by atoms with van der Waals surface area (Å²) in [5, 5.41) is 12.0. The number of carboxylic acids is 1. The number of thiophene rings is 1. The molecule has 1 aliphatic rings. The molecule has 1 amide bonds. The van der Waals surface area contributed by atoms with Crippen molar-refractivity contribution in [3.05, 3.63) is 21.4 Å². The van der Waals surface area contributed by atoms with Crippen LogP contribution in [-0.2, 0) is 17.6 Å². The highest BCUT2D eigenvalue weighted by atomic mass is 32.1. The van der Waals surface area contributed by atoms with Gasteiger partial charge in [-0.2, -0.15) is 0 Å². The zero-order valence-electron chi connectivity index (χ0n) is 12.7. The summed E-state index contributed by atoms with van der Waals surface area (Å²) >= 11 is 1.55. The van der Waals surface area contributed by atoms with E-state index in [-0.39, 0.29) is 12.3 Å². The number of aryl methyl sites for hydroxylation is 2. The quantitative estimate of drug-likeness (QED) is 0.811. The topological polar surface area (TPSA) is 66.4 Å². The first-order valence-electron chi connectivity index (χ1n) is 7.65. The first-order chi connectivity index (χ1) is 9.99. The van der Waals surface area contributed by atoms with Crippen molar-refractivity contribution >= 4 is 23.2 Å². The van der Waals surface area contributed by atoms with Crippen LogP contribution in [0.25, 0.3) is 0 Å². The molecule has 1 saturated carbocycles. The maximum atomic E-state index is 12.4. The Morgan fingerprint density at radius 2 is 2.10 bits per heavy atom. The number of carbonyl (C=O) groups is 2. The van der Waals surface area contributed by atoms with Crippen molar-refractivity contribution in [2.45, 2.75) is 64.3 Å². The molecule has 0 atom stereocenters. The molecule has 2 N–H and O–H groups in total. The van der Waals surface area contributed by atoms with E-state index in [0.29, 0.717) is 4.88 Å². The molecule has 1 aromatic rings. The van der Waals surface area contributed by atoms with Crippen LogP contribution in [0.5, 0.6) is 0 Å². The van der Waals surface area contributed by atoms with Gasteiger partial charge in [0.2, 0.25) is 0 Å². The lowest BCUT2D eigenvalue weighted by atomic mass is 9.74. The molecule has 1 aromatic heterocycles. The fourth-order valence-corrected chi connectivity index (χ4v) is 4.11. The molecule has 0 saturated heterocycles. The molecule has 5 heteroatoms. The fourth-order valence-electron chi connectivity index (χ4n) is 2.86. The van der Waals surface area contributed by atoms with Crippen molar-refractivity contribution in [3.63, 3.8) is 0 Å². The molecule has 4 nitrogen and oxygen atoms in total. The molecule has 0 aromatic carbocycles. The standard InChI is InChI=1S/C16H23NO3S/c1-3-6-12-11(4-2)9-13(21-12)15(20)17-16(7-5-8-16)10-14(18)19/h9H,3-8,10H2,1-2H3,(H,17,20)(H,18,19). The zero-order chi connectivity index (χ0) is 15.5. The number of rotatable bonds is 7. The average molecular weight is 309 g/mol. The van der Waals surface area contributed by atoms with Crippen LogP contribution < -0.4 is 5.32 Å². The van der Waals surface area contributed by atoms with E-state index in [2.05, 4.69) is 19.2 Å². The normalized spacial score (nSPS) is 16.3. The summed E-state index contributed by atoms with van der Waals surface area (Å²) < 4.78 is 0. The van der Waals surface area contributed by atoms with Crippen molar-refractivity contribution in [3.8, 4) is 0 Å². The van der Waals surface area contributed by atoms with Crippen LogP contribution in [0.3, 0.4) is 0 Å². The molecule has 0 radical (unpaired) electrons. The molecule has 2 rings (SSSR count). The molecule has 0 bridgehead atoms. The Labute approximate surface area is 129 Å². The van der Waals surface area contributed by atoms with Gasteiger partial charge in [-0.05, 0) is 43.7 Å². The minimum Gasteiger partial charge on any atom is -0.481 e. The second-order valence-corrected chi connectivity index (χ2v) is 6.96. The summed E-state index contributed by atoms with van der Waals surface area (Å²) in [7, 11) is 0. The Kier molecular flexibility index (Phi) is 5.04. The van der Waals surface area contributed by atoms with Crippen LogP contribution >= 0.6 is 11.3 Å². The van der Waals surface area contributed by atoms with E-state index in [9.17, 15) is 9.59 Å². The highest BCUT2D eigenvalue weighted by Gasteiger charge is 2.40. The van der Waals surface area contributed by atoms with Crippen LogP contribution in [0.15, 0.2) is 6.07 Å². The minimum atomic E-state index is -0.845. The van der Waals surface area contributed by atoms with Crippen molar-refractivity contribution in [2.24, 2.45) is 0 Å². The van der Waals surface area contributed by atoms with E-state index >= 15 is 0 Å².